The molecule has 0 amide bonds. The highest BCUT2D eigenvalue weighted by Crippen LogP contribution is 2.19. The zero-order valence-corrected chi connectivity index (χ0v) is 9.97. The highest BCUT2D eigenvalue weighted by atomic mass is 19.1. The zero-order valence-electron chi connectivity index (χ0n) is 9.97. The van der Waals surface area contributed by atoms with Crippen molar-refractivity contribution in [2.75, 3.05) is 11.9 Å². The molecule has 18 heavy (non-hydrogen) atoms. The number of halogens is 1. The van der Waals surface area contributed by atoms with E-state index in [4.69, 9.17) is 5.26 Å². The third-order valence-electron chi connectivity index (χ3n) is 2.70. The normalized spacial score (nSPS) is 9.83. The molecular weight excluding hydrogens is 229 g/mol. The lowest BCUT2D eigenvalue weighted by Gasteiger charge is -2.20. The van der Waals surface area contributed by atoms with Gasteiger partial charge in [-0.15, -0.1) is 0 Å². The standard InChI is InChI=1S/C14H12FN3/c1-18(10-12-4-2-3-5-13(12)15)14-9-17-7-6-11(14)8-16/h2-7,9H,10H2,1H3. The Balaban J connectivity index is 2.26. The summed E-state index contributed by atoms with van der Waals surface area (Å²) < 4.78 is 13.5. The molecule has 0 fully saturated rings. The van der Waals surface area contributed by atoms with Crippen molar-refractivity contribution in [1.29, 1.82) is 5.26 Å². The molecule has 0 N–H and O–H groups in total. The van der Waals surface area contributed by atoms with Gasteiger partial charge in [0.15, 0.2) is 0 Å². The third-order valence-corrected chi connectivity index (χ3v) is 2.70. The third kappa shape index (κ3) is 2.46. The molecule has 3 nitrogen and oxygen atoms in total. The maximum atomic E-state index is 13.5. The number of benzene rings is 1. The number of aromatic nitrogens is 1. The Bertz CT molecular complexity index is 590. The number of hydrogen-bond acceptors (Lipinski definition) is 3. The van der Waals surface area contributed by atoms with Gasteiger partial charge in [0.1, 0.15) is 11.9 Å². The van der Waals surface area contributed by atoms with Gasteiger partial charge < -0.3 is 4.90 Å². The van der Waals surface area contributed by atoms with Crippen LogP contribution >= 0.6 is 0 Å². The molecular formula is C14H12FN3. The Kier molecular flexibility index (Phi) is 3.54. The molecule has 0 atom stereocenters. The van der Waals surface area contributed by atoms with Crippen molar-refractivity contribution in [3.8, 4) is 6.07 Å². The van der Waals surface area contributed by atoms with Crippen LogP contribution in [0.5, 0.6) is 0 Å². The minimum Gasteiger partial charge on any atom is -0.368 e. The summed E-state index contributed by atoms with van der Waals surface area (Å²) in [5.41, 5.74) is 1.82. The van der Waals surface area contributed by atoms with Crippen LogP contribution in [0.15, 0.2) is 42.7 Å². The number of hydrogen-bond donors (Lipinski definition) is 0. The van der Waals surface area contributed by atoms with Gasteiger partial charge in [-0.05, 0) is 12.1 Å². The first kappa shape index (κ1) is 12.1. The van der Waals surface area contributed by atoms with Crippen LogP contribution in [0.25, 0.3) is 0 Å². The van der Waals surface area contributed by atoms with Crippen molar-refractivity contribution < 1.29 is 4.39 Å². The van der Waals surface area contributed by atoms with Crippen LogP contribution in [0.3, 0.4) is 0 Å². The molecule has 0 saturated carbocycles. The molecule has 0 aliphatic heterocycles. The average Bonchev–Trinajstić information content (AvgIpc) is 2.41. The van der Waals surface area contributed by atoms with E-state index in [0.29, 0.717) is 23.4 Å². The summed E-state index contributed by atoms with van der Waals surface area (Å²) >= 11 is 0. The lowest BCUT2D eigenvalue weighted by Crippen LogP contribution is -2.18. The Morgan fingerprint density at radius 2 is 2.11 bits per heavy atom. The quantitative estimate of drug-likeness (QED) is 0.829. The Labute approximate surface area is 105 Å². The SMILES string of the molecule is CN(Cc1ccccc1F)c1cnccc1C#N. The van der Waals surface area contributed by atoms with Crippen LogP contribution in [-0.4, -0.2) is 12.0 Å². The van der Waals surface area contributed by atoms with E-state index in [2.05, 4.69) is 11.1 Å². The molecule has 2 aromatic rings. The summed E-state index contributed by atoms with van der Waals surface area (Å²) in [6, 6.07) is 10.4. The van der Waals surface area contributed by atoms with Crippen LogP contribution in [0.2, 0.25) is 0 Å². The largest absolute Gasteiger partial charge is 0.368 e. The van der Waals surface area contributed by atoms with Gasteiger partial charge in [0.05, 0.1) is 17.4 Å². The van der Waals surface area contributed by atoms with E-state index in [9.17, 15) is 4.39 Å². The van der Waals surface area contributed by atoms with Crippen molar-refractivity contribution in [1.82, 2.24) is 4.98 Å². The molecule has 0 aliphatic rings. The van der Waals surface area contributed by atoms with Crippen LogP contribution in [-0.2, 0) is 6.54 Å². The topological polar surface area (TPSA) is 39.9 Å². The van der Waals surface area contributed by atoms with Crippen LogP contribution < -0.4 is 4.90 Å². The first-order chi connectivity index (χ1) is 8.72. The van der Waals surface area contributed by atoms with Crippen LogP contribution in [0.1, 0.15) is 11.1 Å². The summed E-state index contributed by atoms with van der Waals surface area (Å²) in [4.78, 5) is 5.80. The fraction of sp³-hybridized carbons (Fsp3) is 0.143. The average molecular weight is 241 g/mol. The van der Waals surface area contributed by atoms with E-state index in [0.717, 1.165) is 0 Å². The van der Waals surface area contributed by atoms with E-state index in [1.54, 1.807) is 36.7 Å². The van der Waals surface area contributed by atoms with Crippen molar-refractivity contribution >= 4 is 5.69 Å². The zero-order chi connectivity index (χ0) is 13.0. The maximum absolute atomic E-state index is 13.5. The predicted molar refractivity (Wildman–Crippen MR) is 67.5 cm³/mol. The number of rotatable bonds is 3. The molecule has 90 valence electrons. The first-order valence-electron chi connectivity index (χ1n) is 5.51. The van der Waals surface area contributed by atoms with Gasteiger partial charge in [-0.25, -0.2) is 4.39 Å². The summed E-state index contributed by atoms with van der Waals surface area (Å²) in [6.45, 7) is 0.396. The monoisotopic (exact) mass is 241 g/mol. The molecule has 0 unspecified atom stereocenters. The smallest absolute Gasteiger partial charge is 0.128 e. The predicted octanol–water partition coefficient (Wildman–Crippen LogP) is 2.73. The molecule has 0 spiro atoms. The van der Waals surface area contributed by atoms with E-state index in [1.807, 2.05) is 11.9 Å². The second kappa shape index (κ2) is 5.28. The van der Waals surface area contributed by atoms with Gasteiger partial charge in [0.25, 0.3) is 0 Å². The van der Waals surface area contributed by atoms with Crippen molar-refractivity contribution in [2.24, 2.45) is 0 Å². The summed E-state index contributed by atoms with van der Waals surface area (Å²) in [6.07, 6.45) is 3.18. The van der Waals surface area contributed by atoms with Crippen molar-refractivity contribution in [3.05, 3.63) is 59.7 Å². The highest BCUT2D eigenvalue weighted by molar-refractivity contribution is 5.57. The molecule has 1 aromatic carbocycles. The number of nitriles is 1. The molecule has 0 aliphatic carbocycles. The molecule has 0 radical (unpaired) electrons. The minimum absolute atomic E-state index is 0.244. The number of anilines is 1. The molecule has 0 bridgehead atoms. The van der Waals surface area contributed by atoms with Gasteiger partial charge in [0.2, 0.25) is 0 Å². The Hall–Kier alpha value is -2.41. The second-order valence-electron chi connectivity index (χ2n) is 3.95. The molecule has 0 saturated heterocycles. The van der Waals surface area contributed by atoms with Crippen LogP contribution in [0.4, 0.5) is 10.1 Å². The molecule has 2 rings (SSSR count). The van der Waals surface area contributed by atoms with Gasteiger partial charge >= 0.3 is 0 Å². The highest BCUT2D eigenvalue weighted by Gasteiger charge is 2.09. The second-order valence-corrected chi connectivity index (χ2v) is 3.95. The van der Waals surface area contributed by atoms with Gasteiger partial charge in [-0.3, -0.25) is 4.98 Å². The minimum atomic E-state index is -0.244. The van der Waals surface area contributed by atoms with Crippen LogP contribution in [0, 0.1) is 17.1 Å². The Morgan fingerprint density at radius 3 is 2.83 bits per heavy atom. The van der Waals surface area contributed by atoms with E-state index < -0.39 is 0 Å². The van der Waals surface area contributed by atoms with Crippen molar-refractivity contribution in [3.63, 3.8) is 0 Å². The summed E-state index contributed by atoms with van der Waals surface area (Å²) in [5, 5.41) is 9.01. The van der Waals surface area contributed by atoms with E-state index in [1.165, 1.54) is 6.07 Å². The van der Waals surface area contributed by atoms with E-state index >= 15 is 0 Å². The van der Waals surface area contributed by atoms with Crippen molar-refractivity contribution in [2.45, 2.75) is 6.54 Å². The van der Waals surface area contributed by atoms with Gasteiger partial charge in [-0.1, -0.05) is 18.2 Å². The fourth-order valence-corrected chi connectivity index (χ4v) is 1.75. The number of pyridine rings is 1. The van der Waals surface area contributed by atoms with Gasteiger partial charge in [-0.2, -0.15) is 5.26 Å². The lowest BCUT2D eigenvalue weighted by molar-refractivity contribution is 0.608. The molecule has 4 heteroatoms. The fourth-order valence-electron chi connectivity index (χ4n) is 1.75. The molecule has 1 heterocycles. The van der Waals surface area contributed by atoms with Gasteiger partial charge in [0, 0.05) is 25.4 Å². The first-order valence-corrected chi connectivity index (χ1v) is 5.51. The lowest BCUT2D eigenvalue weighted by atomic mass is 10.1. The number of nitrogens with zero attached hydrogens (tertiary/aromatic N) is 3. The Morgan fingerprint density at radius 1 is 1.33 bits per heavy atom. The summed E-state index contributed by atoms with van der Waals surface area (Å²) in [7, 11) is 1.81. The van der Waals surface area contributed by atoms with E-state index in [-0.39, 0.29) is 5.82 Å². The maximum Gasteiger partial charge on any atom is 0.128 e. The summed E-state index contributed by atoms with van der Waals surface area (Å²) in [5.74, 6) is -0.244. The molecule has 1 aromatic heterocycles.